The number of aromatic hydroxyl groups is 1. The van der Waals surface area contributed by atoms with Gasteiger partial charge < -0.3 is 10.4 Å². The first kappa shape index (κ1) is 12.8. The van der Waals surface area contributed by atoms with Crippen molar-refractivity contribution in [2.45, 2.75) is 6.54 Å². The first-order valence-electron chi connectivity index (χ1n) is 6.42. The normalized spacial score (nSPS) is 10.7. The quantitative estimate of drug-likeness (QED) is 0.723. The van der Waals surface area contributed by atoms with E-state index in [0.29, 0.717) is 11.6 Å². The standard InChI is InChI=1S/C17H14ClNO/c18-16-9-12(5-8-17(16)20)11-19-15-7-6-13-3-1-2-4-14(13)10-15/h1-10,19-20H,11H2. The molecule has 3 aromatic carbocycles. The summed E-state index contributed by atoms with van der Waals surface area (Å²) in [5, 5.41) is 15.6. The van der Waals surface area contributed by atoms with Crippen LogP contribution in [0.4, 0.5) is 5.69 Å². The van der Waals surface area contributed by atoms with Gasteiger partial charge in [0.25, 0.3) is 0 Å². The molecule has 3 rings (SSSR count). The minimum atomic E-state index is 0.112. The van der Waals surface area contributed by atoms with E-state index in [4.69, 9.17) is 11.6 Å². The molecule has 0 aliphatic rings. The van der Waals surface area contributed by atoms with Gasteiger partial charge >= 0.3 is 0 Å². The van der Waals surface area contributed by atoms with E-state index in [2.05, 4.69) is 35.6 Å². The molecule has 0 fully saturated rings. The highest BCUT2D eigenvalue weighted by molar-refractivity contribution is 6.32. The van der Waals surface area contributed by atoms with Crippen molar-refractivity contribution in [3.8, 4) is 5.75 Å². The SMILES string of the molecule is Oc1ccc(CNc2ccc3ccccc3c2)cc1Cl. The second-order valence-corrected chi connectivity index (χ2v) is 5.11. The summed E-state index contributed by atoms with van der Waals surface area (Å²) in [5.41, 5.74) is 2.09. The zero-order chi connectivity index (χ0) is 13.9. The van der Waals surface area contributed by atoms with Gasteiger partial charge in [0.1, 0.15) is 5.75 Å². The van der Waals surface area contributed by atoms with Crippen molar-refractivity contribution < 1.29 is 5.11 Å². The molecule has 0 atom stereocenters. The van der Waals surface area contributed by atoms with Crippen LogP contribution in [0.1, 0.15) is 5.56 Å². The number of phenolic OH excluding ortho intramolecular Hbond substituents is 1. The summed E-state index contributed by atoms with van der Waals surface area (Å²) in [6, 6.07) is 19.8. The lowest BCUT2D eigenvalue weighted by Crippen LogP contribution is -1.99. The van der Waals surface area contributed by atoms with Crippen LogP contribution in [-0.4, -0.2) is 5.11 Å². The van der Waals surface area contributed by atoms with Crippen LogP contribution < -0.4 is 5.32 Å². The number of anilines is 1. The van der Waals surface area contributed by atoms with Crippen LogP contribution in [0, 0.1) is 0 Å². The summed E-state index contributed by atoms with van der Waals surface area (Å²) in [4.78, 5) is 0. The molecule has 3 aromatic rings. The largest absolute Gasteiger partial charge is 0.506 e. The Labute approximate surface area is 122 Å². The molecule has 0 heterocycles. The summed E-state index contributed by atoms with van der Waals surface area (Å²) < 4.78 is 0. The van der Waals surface area contributed by atoms with E-state index in [9.17, 15) is 5.11 Å². The Morgan fingerprint density at radius 3 is 2.50 bits per heavy atom. The molecular weight excluding hydrogens is 270 g/mol. The number of benzene rings is 3. The summed E-state index contributed by atoms with van der Waals surface area (Å²) in [5.74, 6) is 0.112. The highest BCUT2D eigenvalue weighted by atomic mass is 35.5. The number of fused-ring (bicyclic) bond motifs is 1. The molecule has 0 saturated carbocycles. The molecule has 0 aliphatic carbocycles. The van der Waals surface area contributed by atoms with Gasteiger partial charge in [-0.1, -0.05) is 48.0 Å². The van der Waals surface area contributed by atoms with Crippen LogP contribution in [0.3, 0.4) is 0 Å². The minimum absolute atomic E-state index is 0.112. The van der Waals surface area contributed by atoms with Gasteiger partial charge in [-0.25, -0.2) is 0 Å². The highest BCUT2D eigenvalue weighted by Crippen LogP contribution is 2.24. The molecule has 0 saturated heterocycles. The average molecular weight is 284 g/mol. The molecular formula is C17H14ClNO. The molecule has 0 aromatic heterocycles. The van der Waals surface area contributed by atoms with E-state index in [1.54, 1.807) is 12.1 Å². The predicted octanol–water partition coefficient (Wildman–Crippen LogP) is 4.81. The Hall–Kier alpha value is -2.19. The molecule has 20 heavy (non-hydrogen) atoms. The maximum Gasteiger partial charge on any atom is 0.134 e. The molecule has 0 amide bonds. The van der Waals surface area contributed by atoms with E-state index in [1.807, 2.05) is 18.2 Å². The van der Waals surface area contributed by atoms with Crippen molar-refractivity contribution in [2.24, 2.45) is 0 Å². The lowest BCUT2D eigenvalue weighted by Gasteiger charge is -2.08. The molecule has 0 unspecified atom stereocenters. The minimum Gasteiger partial charge on any atom is -0.506 e. The molecule has 0 aliphatic heterocycles. The Morgan fingerprint density at radius 1 is 0.900 bits per heavy atom. The van der Waals surface area contributed by atoms with Crippen molar-refractivity contribution >= 4 is 28.1 Å². The zero-order valence-corrected chi connectivity index (χ0v) is 11.6. The Bertz CT molecular complexity index is 755. The van der Waals surface area contributed by atoms with Gasteiger partial charge in [0.05, 0.1) is 5.02 Å². The molecule has 0 bridgehead atoms. The van der Waals surface area contributed by atoms with E-state index in [0.717, 1.165) is 11.3 Å². The second-order valence-electron chi connectivity index (χ2n) is 4.70. The Balaban J connectivity index is 1.77. The zero-order valence-electron chi connectivity index (χ0n) is 10.8. The van der Waals surface area contributed by atoms with E-state index in [-0.39, 0.29) is 5.75 Å². The molecule has 100 valence electrons. The van der Waals surface area contributed by atoms with Crippen molar-refractivity contribution in [2.75, 3.05) is 5.32 Å². The maximum atomic E-state index is 9.39. The van der Waals surface area contributed by atoms with Gasteiger partial charge in [-0.3, -0.25) is 0 Å². The van der Waals surface area contributed by atoms with Crippen molar-refractivity contribution in [1.82, 2.24) is 0 Å². The fourth-order valence-electron chi connectivity index (χ4n) is 2.16. The van der Waals surface area contributed by atoms with Gasteiger partial charge in [-0.2, -0.15) is 0 Å². The third-order valence-electron chi connectivity index (χ3n) is 3.26. The van der Waals surface area contributed by atoms with Crippen LogP contribution in [0.25, 0.3) is 10.8 Å². The van der Waals surface area contributed by atoms with Crippen molar-refractivity contribution in [3.63, 3.8) is 0 Å². The smallest absolute Gasteiger partial charge is 0.134 e. The number of rotatable bonds is 3. The lowest BCUT2D eigenvalue weighted by atomic mass is 10.1. The fourth-order valence-corrected chi connectivity index (χ4v) is 2.37. The fraction of sp³-hybridized carbons (Fsp3) is 0.0588. The number of halogens is 1. The van der Waals surface area contributed by atoms with E-state index < -0.39 is 0 Å². The van der Waals surface area contributed by atoms with Gasteiger partial charge in [-0.15, -0.1) is 0 Å². The van der Waals surface area contributed by atoms with Gasteiger partial charge in [0.2, 0.25) is 0 Å². The summed E-state index contributed by atoms with van der Waals surface area (Å²) >= 11 is 5.90. The topological polar surface area (TPSA) is 32.3 Å². The van der Waals surface area contributed by atoms with Crippen LogP contribution in [0.5, 0.6) is 5.75 Å². The molecule has 2 nitrogen and oxygen atoms in total. The number of phenols is 1. The average Bonchev–Trinajstić information content (AvgIpc) is 2.48. The first-order chi connectivity index (χ1) is 9.72. The predicted molar refractivity (Wildman–Crippen MR) is 84.4 cm³/mol. The van der Waals surface area contributed by atoms with E-state index >= 15 is 0 Å². The van der Waals surface area contributed by atoms with Crippen molar-refractivity contribution in [3.05, 3.63) is 71.2 Å². The lowest BCUT2D eigenvalue weighted by molar-refractivity contribution is 0.475. The van der Waals surface area contributed by atoms with Crippen molar-refractivity contribution in [1.29, 1.82) is 0 Å². The van der Waals surface area contributed by atoms with Gasteiger partial charge in [-0.05, 0) is 40.6 Å². The molecule has 2 N–H and O–H groups in total. The highest BCUT2D eigenvalue weighted by Gasteiger charge is 2.01. The van der Waals surface area contributed by atoms with Gasteiger partial charge in [0, 0.05) is 12.2 Å². The monoisotopic (exact) mass is 283 g/mol. The molecule has 3 heteroatoms. The molecule has 0 radical (unpaired) electrons. The third kappa shape index (κ3) is 2.70. The molecule has 0 spiro atoms. The first-order valence-corrected chi connectivity index (χ1v) is 6.80. The maximum absolute atomic E-state index is 9.39. The van der Waals surface area contributed by atoms with Crippen LogP contribution >= 0.6 is 11.6 Å². The van der Waals surface area contributed by atoms with Crippen LogP contribution in [0.15, 0.2) is 60.7 Å². The van der Waals surface area contributed by atoms with Crippen LogP contribution in [-0.2, 0) is 6.54 Å². The number of nitrogens with one attached hydrogen (secondary N) is 1. The Morgan fingerprint density at radius 2 is 1.70 bits per heavy atom. The summed E-state index contributed by atoms with van der Waals surface area (Å²) in [7, 11) is 0. The van der Waals surface area contributed by atoms with Gasteiger partial charge in [0.15, 0.2) is 0 Å². The number of hydrogen-bond donors (Lipinski definition) is 2. The third-order valence-corrected chi connectivity index (χ3v) is 3.56. The summed E-state index contributed by atoms with van der Waals surface area (Å²) in [6.45, 7) is 0.665. The number of hydrogen-bond acceptors (Lipinski definition) is 2. The van der Waals surface area contributed by atoms with E-state index in [1.165, 1.54) is 10.8 Å². The van der Waals surface area contributed by atoms with Crippen LogP contribution in [0.2, 0.25) is 5.02 Å². The summed E-state index contributed by atoms with van der Waals surface area (Å²) in [6.07, 6.45) is 0. The Kier molecular flexibility index (Phi) is 3.48. The second kappa shape index (κ2) is 5.43.